The molecule has 1 N–H and O–H groups in total. The molecule has 0 aliphatic carbocycles. The predicted molar refractivity (Wildman–Crippen MR) is 53.4 cm³/mol. The normalized spacial score (nSPS) is 10.2. The van der Waals surface area contributed by atoms with Crippen LogP contribution in [0.2, 0.25) is 0 Å². The number of hydrogen-bond donors (Lipinski definition) is 1. The van der Waals surface area contributed by atoms with E-state index in [0.717, 1.165) is 5.69 Å². The molecule has 0 saturated heterocycles. The van der Waals surface area contributed by atoms with Crippen LogP contribution in [0.4, 0.5) is 5.69 Å². The molecule has 2 nitrogen and oxygen atoms in total. The standard InChI is InChI=1S/C11H14NO.Li/c1-11(2,3)10(13)12-9-7-5-4-6-8-9;/h4-7H,1-3H3,(H,12,13);/q-1;+1. The first-order valence-corrected chi connectivity index (χ1v) is 4.28. The van der Waals surface area contributed by atoms with Crippen LogP contribution in [0.1, 0.15) is 20.8 Å². The fourth-order valence-electron chi connectivity index (χ4n) is 0.781. The Morgan fingerprint density at radius 2 is 2.00 bits per heavy atom. The van der Waals surface area contributed by atoms with Crippen molar-refractivity contribution in [1.82, 2.24) is 0 Å². The number of benzene rings is 1. The fourth-order valence-corrected chi connectivity index (χ4v) is 0.781. The van der Waals surface area contributed by atoms with Gasteiger partial charge in [-0.1, -0.05) is 26.5 Å². The molecule has 3 heteroatoms. The summed E-state index contributed by atoms with van der Waals surface area (Å²) in [7, 11) is 0. The largest absolute Gasteiger partial charge is 1.00 e. The van der Waals surface area contributed by atoms with Gasteiger partial charge in [0.15, 0.2) is 0 Å². The summed E-state index contributed by atoms with van der Waals surface area (Å²) >= 11 is 0. The van der Waals surface area contributed by atoms with Gasteiger partial charge in [-0.2, -0.15) is 24.3 Å². The van der Waals surface area contributed by atoms with Crippen molar-refractivity contribution >= 4 is 11.6 Å². The van der Waals surface area contributed by atoms with Crippen LogP contribution in [-0.4, -0.2) is 5.91 Å². The third-order valence-electron chi connectivity index (χ3n) is 1.64. The second-order valence-corrected chi connectivity index (χ2v) is 3.98. The van der Waals surface area contributed by atoms with Crippen LogP contribution in [0, 0.1) is 11.5 Å². The molecule has 0 bridgehead atoms. The van der Waals surface area contributed by atoms with Crippen LogP contribution in [0.3, 0.4) is 0 Å². The number of hydrogen-bond acceptors (Lipinski definition) is 1. The molecule has 0 unspecified atom stereocenters. The summed E-state index contributed by atoms with van der Waals surface area (Å²) in [6.07, 6.45) is 0. The fraction of sp³-hybridized carbons (Fsp3) is 0.364. The van der Waals surface area contributed by atoms with Crippen molar-refractivity contribution < 1.29 is 23.7 Å². The topological polar surface area (TPSA) is 29.1 Å². The molecule has 0 fully saturated rings. The molecule has 1 aromatic carbocycles. The number of carbonyl (C=O) groups is 1. The molecule has 70 valence electrons. The van der Waals surface area contributed by atoms with E-state index in [1.54, 1.807) is 6.07 Å². The van der Waals surface area contributed by atoms with Crippen LogP contribution in [0.15, 0.2) is 24.3 Å². The maximum absolute atomic E-state index is 11.5. The van der Waals surface area contributed by atoms with Crippen molar-refractivity contribution in [2.24, 2.45) is 5.41 Å². The van der Waals surface area contributed by atoms with Crippen molar-refractivity contribution in [2.45, 2.75) is 20.8 Å². The van der Waals surface area contributed by atoms with Gasteiger partial charge in [-0.25, -0.2) is 0 Å². The van der Waals surface area contributed by atoms with E-state index in [9.17, 15) is 4.79 Å². The van der Waals surface area contributed by atoms with Gasteiger partial charge in [0.25, 0.3) is 0 Å². The smallest absolute Gasteiger partial charge is 0.349 e. The van der Waals surface area contributed by atoms with E-state index in [4.69, 9.17) is 0 Å². The number of nitrogens with one attached hydrogen (secondary N) is 1. The van der Waals surface area contributed by atoms with E-state index in [-0.39, 0.29) is 30.2 Å². The minimum absolute atomic E-state index is 0. The zero-order valence-corrected chi connectivity index (χ0v) is 9.22. The second kappa shape index (κ2) is 5.24. The van der Waals surface area contributed by atoms with Crippen molar-refractivity contribution in [3.63, 3.8) is 0 Å². The minimum atomic E-state index is -0.357. The Morgan fingerprint density at radius 3 is 2.43 bits per heavy atom. The van der Waals surface area contributed by atoms with Crippen molar-refractivity contribution in [1.29, 1.82) is 0 Å². The average Bonchev–Trinajstić information content (AvgIpc) is 2.04. The molecule has 1 amide bonds. The summed E-state index contributed by atoms with van der Waals surface area (Å²) in [4.78, 5) is 11.5. The quantitative estimate of drug-likeness (QED) is 0.460. The van der Waals surface area contributed by atoms with Crippen LogP contribution < -0.4 is 24.2 Å². The van der Waals surface area contributed by atoms with Gasteiger partial charge in [0, 0.05) is 5.41 Å². The second-order valence-electron chi connectivity index (χ2n) is 3.98. The molecule has 0 atom stereocenters. The number of rotatable bonds is 1. The summed E-state index contributed by atoms with van der Waals surface area (Å²) in [5.74, 6) is 0.00921. The van der Waals surface area contributed by atoms with Crippen LogP contribution in [0.5, 0.6) is 0 Å². The van der Waals surface area contributed by atoms with Gasteiger partial charge in [-0.15, -0.1) is 6.07 Å². The first-order chi connectivity index (χ1) is 6.00. The van der Waals surface area contributed by atoms with Crippen LogP contribution >= 0.6 is 0 Å². The first-order valence-electron chi connectivity index (χ1n) is 4.28. The summed E-state index contributed by atoms with van der Waals surface area (Å²) in [6, 6.07) is 10.3. The van der Waals surface area contributed by atoms with Crippen LogP contribution in [0.25, 0.3) is 0 Å². The number of amides is 1. The van der Waals surface area contributed by atoms with E-state index in [2.05, 4.69) is 11.4 Å². The SMILES string of the molecule is CC(C)(C)C(=O)Nc1[c-]cccc1.[Li+]. The molecular weight excluding hydrogens is 169 g/mol. The molecule has 14 heavy (non-hydrogen) atoms. The maximum Gasteiger partial charge on any atom is 1.00 e. The van der Waals surface area contributed by atoms with Crippen molar-refractivity contribution in [3.8, 4) is 0 Å². The van der Waals surface area contributed by atoms with E-state index in [1.165, 1.54) is 0 Å². The summed E-state index contributed by atoms with van der Waals surface area (Å²) < 4.78 is 0. The molecule has 0 heterocycles. The van der Waals surface area contributed by atoms with Gasteiger partial charge in [-0.3, -0.25) is 4.79 Å². The molecule has 0 aliphatic heterocycles. The molecule has 0 aromatic heterocycles. The Balaban J connectivity index is 0.00000169. The summed E-state index contributed by atoms with van der Waals surface area (Å²) in [5.41, 5.74) is 0.367. The molecule has 0 radical (unpaired) electrons. The predicted octanol–water partition coefficient (Wildman–Crippen LogP) is -0.525. The van der Waals surface area contributed by atoms with Gasteiger partial charge >= 0.3 is 18.9 Å². The Morgan fingerprint density at radius 1 is 1.36 bits per heavy atom. The van der Waals surface area contributed by atoms with E-state index in [0.29, 0.717) is 0 Å². The Labute approximate surface area is 97.3 Å². The molecule has 1 rings (SSSR count). The number of anilines is 1. The molecule has 1 aromatic rings. The van der Waals surface area contributed by atoms with Crippen molar-refractivity contribution in [2.75, 3.05) is 5.32 Å². The maximum atomic E-state index is 11.5. The van der Waals surface area contributed by atoms with E-state index < -0.39 is 0 Å². The van der Waals surface area contributed by atoms with Gasteiger partial charge in [-0.05, 0) is 0 Å². The third-order valence-corrected chi connectivity index (χ3v) is 1.64. The average molecular weight is 183 g/mol. The summed E-state index contributed by atoms with van der Waals surface area (Å²) in [5, 5.41) is 2.79. The number of para-hydroxylation sites is 1. The molecule has 0 aliphatic rings. The zero-order valence-electron chi connectivity index (χ0n) is 9.22. The van der Waals surface area contributed by atoms with E-state index in [1.807, 2.05) is 39.0 Å². The van der Waals surface area contributed by atoms with Crippen molar-refractivity contribution in [3.05, 3.63) is 30.3 Å². The van der Waals surface area contributed by atoms with Crippen LogP contribution in [-0.2, 0) is 4.79 Å². The summed E-state index contributed by atoms with van der Waals surface area (Å²) in [6.45, 7) is 5.64. The van der Waals surface area contributed by atoms with E-state index >= 15 is 0 Å². The van der Waals surface area contributed by atoms with Gasteiger partial charge in [0.1, 0.15) is 0 Å². The van der Waals surface area contributed by atoms with Gasteiger partial charge < -0.3 is 5.32 Å². The third kappa shape index (κ3) is 4.00. The monoisotopic (exact) mass is 183 g/mol. The number of carbonyl (C=O) groups excluding carboxylic acids is 1. The molecule has 0 spiro atoms. The first kappa shape index (κ1) is 13.3. The molecule has 0 saturated carbocycles. The molecular formula is C11H14LiNO. The Kier molecular flexibility index (Phi) is 4.97. The Hall–Kier alpha value is -0.713. The van der Waals surface area contributed by atoms with Gasteiger partial charge in [0.05, 0.1) is 0 Å². The minimum Gasteiger partial charge on any atom is -0.349 e. The zero-order chi connectivity index (χ0) is 9.90. The van der Waals surface area contributed by atoms with Gasteiger partial charge in [0.2, 0.25) is 5.91 Å². The Bertz CT molecular complexity index is 290.